The number of aryl methyl sites for hydroxylation is 1. The Morgan fingerprint density at radius 1 is 1.21 bits per heavy atom. The maximum atomic E-state index is 12.6. The van der Waals surface area contributed by atoms with Crippen molar-refractivity contribution in [1.82, 2.24) is 14.7 Å². The second-order valence-corrected chi connectivity index (χ2v) is 8.29. The third-order valence-corrected chi connectivity index (χ3v) is 5.87. The number of hydrogen-bond donors (Lipinski definition) is 2. The summed E-state index contributed by atoms with van der Waals surface area (Å²) in [6, 6.07) is 13.7. The van der Waals surface area contributed by atoms with Crippen LogP contribution in [0.5, 0.6) is 11.5 Å². The number of nitrogens with zero attached hydrogens (tertiary/aromatic N) is 4. The van der Waals surface area contributed by atoms with Crippen LogP contribution >= 0.6 is 0 Å². The van der Waals surface area contributed by atoms with E-state index in [0.717, 1.165) is 5.56 Å². The van der Waals surface area contributed by atoms with Gasteiger partial charge in [0.25, 0.3) is 5.91 Å². The van der Waals surface area contributed by atoms with Gasteiger partial charge in [-0.3, -0.25) is 14.3 Å². The average molecular weight is 460 g/mol. The van der Waals surface area contributed by atoms with Crippen LogP contribution in [0.1, 0.15) is 34.5 Å². The molecule has 3 aromatic rings. The minimum Gasteiger partial charge on any atom is -0.508 e. The molecule has 9 heteroatoms. The summed E-state index contributed by atoms with van der Waals surface area (Å²) in [5.74, 6) is -0.0483. The molecule has 0 unspecified atom stereocenters. The molecule has 2 heterocycles. The van der Waals surface area contributed by atoms with E-state index in [1.54, 1.807) is 65.3 Å². The topological polar surface area (TPSA) is 134 Å². The number of hydrogen-bond acceptors (Lipinski definition) is 6. The highest BCUT2D eigenvalue weighted by Crippen LogP contribution is 2.30. The molecule has 2 aromatic carbocycles. The number of aromatic nitrogens is 2. The molecule has 9 nitrogen and oxygen atoms in total. The molecule has 0 atom stereocenters. The molecule has 0 bridgehead atoms. The number of phenolic OH excluding ortho intramolecular Hbond substituents is 1. The van der Waals surface area contributed by atoms with E-state index in [2.05, 4.69) is 11.2 Å². The Morgan fingerprint density at radius 2 is 1.91 bits per heavy atom. The number of amides is 2. The third kappa shape index (κ3) is 5.02. The first-order valence-electron chi connectivity index (χ1n) is 10.9. The predicted octanol–water partition coefficient (Wildman–Crippen LogP) is 2.38. The van der Waals surface area contributed by atoms with Gasteiger partial charge in [0, 0.05) is 44.7 Å². The molecule has 34 heavy (non-hydrogen) atoms. The number of likely N-dealkylation sites (tertiary alicyclic amines) is 1. The summed E-state index contributed by atoms with van der Waals surface area (Å²) in [6.07, 6.45) is 3.09. The van der Waals surface area contributed by atoms with Gasteiger partial charge in [-0.1, -0.05) is 18.2 Å². The highest BCUT2D eigenvalue weighted by Gasteiger charge is 2.25. The molecule has 0 saturated carbocycles. The van der Waals surface area contributed by atoms with Crippen molar-refractivity contribution < 1.29 is 19.4 Å². The first-order chi connectivity index (χ1) is 16.3. The zero-order valence-electron chi connectivity index (χ0n) is 18.8. The summed E-state index contributed by atoms with van der Waals surface area (Å²) in [4.78, 5) is 26.6. The molecule has 1 aliphatic rings. The highest BCUT2D eigenvalue weighted by molar-refractivity contribution is 5.97. The van der Waals surface area contributed by atoms with Crippen molar-refractivity contribution in [3.8, 4) is 28.7 Å². The van der Waals surface area contributed by atoms with E-state index in [9.17, 15) is 20.0 Å². The molecule has 1 aliphatic heterocycles. The summed E-state index contributed by atoms with van der Waals surface area (Å²) in [6.45, 7) is 1.10. The molecule has 4 rings (SSSR count). The summed E-state index contributed by atoms with van der Waals surface area (Å²) in [7, 11) is 1.72. The van der Waals surface area contributed by atoms with Crippen molar-refractivity contribution in [2.24, 2.45) is 12.8 Å². The van der Waals surface area contributed by atoms with E-state index >= 15 is 0 Å². The maximum Gasteiger partial charge on any atom is 0.252 e. The Kier molecular flexibility index (Phi) is 6.50. The first-order valence-corrected chi connectivity index (χ1v) is 10.9. The number of benzene rings is 2. The van der Waals surface area contributed by atoms with E-state index in [0.29, 0.717) is 42.8 Å². The van der Waals surface area contributed by atoms with Crippen LogP contribution < -0.4 is 10.5 Å². The van der Waals surface area contributed by atoms with Crippen LogP contribution in [-0.4, -0.2) is 50.8 Å². The smallest absolute Gasteiger partial charge is 0.252 e. The van der Waals surface area contributed by atoms with E-state index < -0.39 is 5.91 Å². The van der Waals surface area contributed by atoms with E-state index in [1.165, 1.54) is 0 Å². The first kappa shape index (κ1) is 22.9. The average Bonchev–Trinajstić information content (AvgIpc) is 3.22. The lowest BCUT2D eigenvalue weighted by Crippen LogP contribution is -2.42. The van der Waals surface area contributed by atoms with Crippen LogP contribution in [0.4, 0.5) is 0 Å². The van der Waals surface area contributed by atoms with Crippen molar-refractivity contribution in [2.45, 2.75) is 25.4 Å². The molecular weight excluding hydrogens is 434 g/mol. The number of carbonyl (C=O) groups is 2. The number of rotatable bonds is 6. The Balaban J connectivity index is 1.41. The molecule has 3 N–H and O–H groups in total. The van der Waals surface area contributed by atoms with Crippen molar-refractivity contribution in [3.05, 3.63) is 65.5 Å². The minimum absolute atomic E-state index is 0.0242. The van der Waals surface area contributed by atoms with Gasteiger partial charge in [0.05, 0.1) is 12.0 Å². The molecule has 1 fully saturated rings. The molecule has 1 saturated heterocycles. The SMILES string of the molecule is Cn1cc(-c2ccc(OC3CCN(C(=O)Cc4ccc(O)cc4)CC3)c(C(N)=O)c2)c(C#N)n1. The number of ether oxygens (including phenoxy) is 1. The molecule has 0 radical (unpaired) electrons. The Hall–Kier alpha value is -4.32. The monoisotopic (exact) mass is 459 g/mol. The number of nitrogens with two attached hydrogens (primary N) is 1. The van der Waals surface area contributed by atoms with Crippen molar-refractivity contribution in [3.63, 3.8) is 0 Å². The van der Waals surface area contributed by atoms with Crippen LogP contribution in [0.15, 0.2) is 48.7 Å². The summed E-state index contributed by atoms with van der Waals surface area (Å²) in [5.41, 5.74) is 8.22. The zero-order chi connectivity index (χ0) is 24.2. The quantitative estimate of drug-likeness (QED) is 0.581. The molecule has 0 aliphatic carbocycles. The molecule has 2 amide bonds. The Morgan fingerprint density at radius 3 is 2.56 bits per heavy atom. The zero-order valence-corrected chi connectivity index (χ0v) is 18.8. The lowest BCUT2D eigenvalue weighted by Gasteiger charge is -2.32. The van der Waals surface area contributed by atoms with Gasteiger partial charge >= 0.3 is 0 Å². The molecule has 0 spiro atoms. The molecular formula is C25H25N5O4. The van der Waals surface area contributed by atoms with Gasteiger partial charge < -0.3 is 20.5 Å². The minimum atomic E-state index is -0.624. The lowest BCUT2D eigenvalue weighted by atomic mass is 10.0. The second-order valence-electron chi connectivity index (χ2n) is 8.29. The van der Waals surface area contributed by atoms with Crippen LogP contribution in [0.25, 0.3) is 11.1 Å². The molecule has 174 valence electrons. The van der Waals surface area contributed by atoms with Crippen LogP contribution in [0.2, 0.25) is 0 Å². The van der Waals surface area contributed by atoms with Gasteiger partial charge in [-0.15, -0.1) is 0 Å². The largest absolute Gasteiger partial charge is 0.508 e. The molecule has 1 aromatic heterocycles. The normalized spacial score (nSPS) is 13.9. The fraction of sp³-hybridized carbons (Fsp3) is 0.280. The Bertz CT molecular complexity index is 1250. The number of aromatic hydroxyl groups is 1. The van der Waals surface area contributed by atoms with E-state index in [1.807, 2.05) is 0 Å². The Labute approximate surface area is 197 Å². The second kappa shape index (κ2) is 9.67. The number of piperidine rings is 1. The summed E-state index contributed by atoms with van der Waals surface area (Å²) >= 11 is 0. The summed E-state index contributed by atoms with van der Waals surface area (Å²) < 4.78 is 7.65. The van der Waals surface area contributed by atoms with Gasteiger partial charge in [-0.25, -0.2) is 0 Å². The van der Waals surface area contributed by atoms with Crippen molar-refractivity contribution in [2.75, 3.05) is 13.1 Å². The van der Waals surface area contributed by atoms with Crippen molar-refractivity contribution in [1.29, 1.82) is 5.26 Å². The third-order valence-electron chi connectivity index (χ3n) is 5.87. The van der Waals surface area contributed by atoms with Gasteiger partial charge in [0.1, 0.15) is 23.7 Å². The van der Waals surface area contributed by atoms with E-state index in [4.69, 9.17) is 10.5 Å². The summed E-state index contributed by atoms with van der Waals surface area (Å²) in [5, 5.41) is 22.8. The van der Waals surface area contributed by atoms with Gasteiger partial charge in [-0.05, 0) is 35.4 Å². The predicted molar refractivity (Wildman–Crippen MR) is 124 cm³/mol. The lowest BCUT2D eigenvalue weighted by molar-refractivity contribution is -0.132. The fourth-order valence-electron chi connectivity index (χ4n) is 4.08. The van der Waals surface area contributed by atoms with Crippen molar-refractivity contribution >= 4 is 11.8 Å². The van der Waals surface area contributed by atoms with Crippen LogP contribution in [-0.2, 0) is 18.3 Å². The number of nitriles is 1. The highest BCUT2D eigenvalue weighted by atomic mass is 16.5. The number of phenols is 1. The number of carbonyl (C=O) groups excluding carboxylic acids is 2. The van der Waals surface area contributed by atoms with Gasteiger partial charge in [0.2, 0.25) is 5.91 Å². The van der Waals surface area contributed by atoms with Crippen LogP contribution in [0.3, 0.4) is 0 Å². The number of primary amides is 1. The van der Waals surface area contributed by atoms with E-state index in [-0.39, 0.29) is 35.4 Å². The van der Waals surface area contributed by atoms with Gasteiger partial charge in [-0.2, -0.15) is 10.4 Å². The van der Waals surface area contributed by atoms with Crippen LogP contribution in [0, 0.1) is 11.3 Å². The fourth-order valence-corrected chi connectivity index (χ4v) is 4.08. The standard InChI is InChI=1S/C25H25N5O4/c1-29-15-21(22(14-26)28-29)17-4-7-23(20(13-17)25(27)33)34-19-8-10-30(11-9-19)24(32)12-16-2-5-18(31)6-3-16/h2-7,13,15,19,31H,8-12H2,1H3,(H2,27,33). The maximum absolute atomic E-state index is 12.6. The van der Waals surface area contributed by atoms with Gasteiger partial charge in [0.15, 0.2) is 5.69 Å².